The highest BCUT2D eigenvalue weighted by Gasteiger charge is 2.36. The fraction of sp³-hybridized carbons (Fsp3) is 0.174. The van der Waals surface area contributed by atoms with Crippen molar-refractivity contribution in [1.29, 1.82) is 0 Å². The Morgan fingerprint density at radius 3 is 2.44 bits per heavy atom. The maximum Gasteiger partial charge on any atom is 0.421 e. The molecule has 178 valence electrons. The van der Waals surface area contributed by atoms with Crippen LogP contribution < -0.4 is 15.0 Å². The molecule has 4 rings (SSSR count). The maximum absolute atomic E-state index is 14.1. The number of aromatic nitrogens is 1. The summed E-state index contributed by atoms with van der Waals surface area (Å²) in [6.07, 6.45) is -3.70. The number of ether oxygens (including phenoxy) is 1. The van der Waals surface area contributed by atoms with Gasteiger partial charge < -0.3 is 20.1 Å². The summed E-state index contributed by atoms with van der Waals surface area (Å²) in [5.41, 5.74) is -0.205. The van der Waals surface area contributed by atoms with E-state index in [9.17, 15) is 26.3 Å². The Hall–Kier alpha value is -3.73. The van der Waals surface area contributed by atoms with Crippen LogP contribution in [0.25, 0.3) is 5.70 Å². The van der Waals surface area contributed by atoms with E-state index >= 15 is 0 Å². The number of nitrogens with zero attached hydrogens (tertiary/aromatic N) is 2. The highest BCUT2D eigenvalue weighted by molar-refractivity contribution is 5.78. The summed E-state index contributed by atoms with van der Waals surface area (Å²) in [6, 6.07) is 6.21. The molecule has 0 spiro atoms. The normalized spacial score (nSPS) is 13.5. The lowest BCUT2D eigenvalue weighted by molar-refractivity contribution is -0.139. The number of fused-ring (bicyclic) bond motifs is 1. The number of anilines is 1. The Labute approximate surface area is 189 Å². The average Bonchev–Trinajstić information content (AvgIpc) is 2.77. The van der Waals surface area contributed by atoms with E-state index in [1.165, 1.54) is 18.2 Å². The Bertz CT molecular complexity index is 1240. The van der Waals surface area contributed by atoms with Gasteiger partial charge in [0.1, 0.15) is 28.8 Å². The van der Waals surface area contributed by atoms with Crippen molar-refractivity contribution >= 4 is 11.4 Å². The Kier molecular flexibility index (Phi) is 6.13. The molecule has 2 aromatic carbocycles. The molecule has 0 amide bonds. The van der Waals surface area contributed by atoms with Crippen molar-refractivity contribution in [2.45, 2.75) is 19.3 Å². The summed E-state index contributed by atoms with van der Waals surface area (Å²) >= 11 is 0. The van der Waals surface area contributed by atoms with E-state index < -0.39 is 41.7 Å². The van der Waals surface area contributed by atoms with Gasteiger partial charge >= 0.3 is 6.18 Å². The van der Waals surface area contributed by atoms with Crippen molar-refractivity contribution in [3.8, 4) is 11.6 Å². The van der Waals surface area contributed by atoms with E-state index in [-0.39, 0.29) is 30.1 Å². The fourth-order valence-electron chi connectivity index (χ4n) is 3.50. The van der Waals surface area contributed by atoms with Gasteiger partial charge in [0, 0.05) is 40.8 Å². The standard InChI is InChI=1S/C23H17F6N3O2/c1-12-16-7-15(34-22-18(23(27,28)29)4-13(10-33)8-30-22)2-3-21(16)32(11-31-12)9-17-19(25)5-14(24)6-20(17)26/h2-8,31,33H,1,9-11H2. The lowest BCUT2D eigenvalue weighted by Gasteiger charge is -2.33. The summed E-state index contributed by atoms with van der Waals surface area (Å²) in [5.74, 6) is -3.81. The minimum absolute atomic E-state index is 0.0115. The molecule has 0 fully saturated rings. The molecule has 0 bridgehead atoms. The molecule has 0 saturated heterocycles. The van der Waals surface area contributed by atoms with Crippen molar-refractivity contribution in [2.24, 2.45) is 0 Å². The minimum atomic E-state index is -4.77. The Morgan fingerprint density at radius 2 is 1.79 bits per heavy atom. The van der Waals surface area contributed by atoms with Crippen LogP contribution in [-0.4, -0.2) is 16.8 Å². The van der Waals surface area contributed by atoms with Crippen LogP contribution in [0.1, 0.15) is 22.3 Å². The molecule has 0 atom stereocenters. The predicted octanol–water partition coefficient (Wildman–Crippen LogP) is 5.34. The Morgan fingerprint density at radius 1 is 1.09 bits per heavy atom. The second-order valence-electron chi connectivity index (χ2n) is 7.49. The number of hydrogen-bond acceptors (Lipinski definition) is 5. The number of benzene rings is 2. The first-order valence-electron chi connectivity index (χ1n) is 9.87. The number of alkyl halides is 3. The molecule has 3 aromatic rings. The SMILES string of the molecule is C=C1NCN(Cc2c(F)cc(F)cc2F)c2ccc(Oc3ncc(CO)cc3C(F)(F)F)cc21. The third kappa shape index (κ3) is 4.65. The van der Waals surface area contributed by atoms with E-state index in [0.717, 1.165) is 12.3 Å². The highest BCUT2D eigenvalue weighted by Crippen LogP contribution is 2.39. The summed E-state index contributed by atoms with van der Waals surface area (Å²) in [4.78, 5) is 5.23. The van der Waals surface area contributed by atoms with Crippen LogP contribution in [0.2, 0.25) is 0 Å². The molecule has 1 aliphatic rings. The summed E-state index contributed by atoms with van der Waals surface area (Å²) in [5, 5.41) is 12.0. The van der Waals surface area contributed by atoms with Crippen molar-refractivity contribution in [1.82, 2.24) is 10.3 Å². The molecule has 1 aliphatic heterocycles. The van der Waals surface area contributed by atoms with E-state index in [1.54, 1.807) is 4.90 Å². The molecule has 1 aromatic heterocycles. The quantitative estimate of drug-likeness (QED) is 0.482. The van der Waals surface area contributed by atoms with Gasteiger partial charge in [-0.3, -0.25) is 0 Å². The molecule has 0 aliphatic carbocycles. The van der Waals surface area contributed by atoms with Gasteiger partial charge in [0.2, 0.25) is 5.88 Å². The molecule has 2 heterocycles. The largest absolute Gasteiger partial charge is 0.438 e. The lowest BCUT2D eigenvalue weighted by Crippen LogP contribution is -2.38. The van der Waals surface area contributed by atoms with Crippen LogP contribution in [0.5, 0.6) is 11.6 Å². The van der Waals surface area contributed by atoms with Crippen molar-refractivity contribution in [3.05, 3.63) is 88.9 Å². The highest BCUT2D eigenvalue weighted by atomic mass is 19.4. The van der Waals surface area contributed by atoms with Gasteiger partial charge in [0.15, 0.2) is 0 Å². The third-order valence-electron chi connectivity index (χ3n) is 5.18. The molecule has 34 heavy (non-hydrogen) atoms. The van der Waals surface area contributed by atoms with Crippen LogP contribution >= 0.6 is 0 Å². The first-order chi connectivity index (χ1) is 16.1. The van der Waals surface area contributed by atoms with Gasteiger partial charge in [-0.1, -0.05) is 6.58 Å². The second-order valence-corrected chi connectivity index (χ2v) is 7.49. The lowest BCUT2D eigenvalue weighted by atomic mass is 10.1. The number of rotatable bonds is 5. The van der Waals surface area contributed by atoms with Crippen molar-refractivity contribution in [3.63, 3.8) is 0 Å². The smallest absolute Gasteiger partial charge is 0.421 e. The van der Waals surface area contributed by atoms with Crippen molar-refractivity contribution < 1.29 is 36.2 Å². The van der Waals surface area contributed by atoms with E-state index in [1.807, 2.05) is 0 Å². The zero-order valence-electron chi connectivity index (χ0n) is 17.4. The Balaban J connectivity index is 1.66. The number of hydrogen-bond donors (Lipinski definition) is 2. The third-order valence-corrected chi connectivity index (χ3v) is 5.18. The average molecular weight is 481 g/mol. The van der Waals surface area contributed by atoms with E-state index in [4.69, 9.17) is 9.84 Å². The zero-order chi connectivity index (χ0) is 24.6. The summed E-state index contributed by atoms with van der Waals surface area (Å²) in [7, 11) is 0. The molecule has 0 unspecified atom stereocenters. The molecule has 0 radical (unpaired) electrons. The molecule has 11 heteroatoms. The second kappa shape index (κ2) is 8.90. The van der Waals surface area contributed by atoms with Crippen molar-refractivity contribution in [2.75, 3.05) is 11.6 Å². The molecule has 5 nitrogen and oxygen atoms in total. The van der Waals surface area contributed by atoms with Crippen LogP contribution in [0, 0.1) is 17.5 Å². The number of nitrogens with one attached hydrogen (secondary N) is 1. The molecular formula is C23H17F6N3O2. The van der Waals surface area contributed by atoms with Gasteiger partial charge in [0.05, 0.1) is 19.8 Å². The van der Waals surface area contributed by atoms with Crippen LogP contribution in [-0.2, 0) is 19.3 Å². The van der Waals surface area contributed by atoms with Gasteiger partial charge in [-0.15, -0.1) is 0 Å². The predicted molar refractivity (Wildman–Crippen MR) is 111 cm³/mol. The molecular weight excluding hydrogens is 464 g/mol. The molecule has 0 saturated carbocycles. The van der Waals surface area contributed by atoms with Crippen LogP contribution in [0.3, 0.4) is 0 Å². The molecule has 2 N–H and O–H groups in total. The topological polar surface area (TPSA) is 57.6 Å². The van der Waals surface area contributed by atoms with Gasteiger partial charge in [0.25, 0.3) is 0 Å². The van der Waals surface area contributed by atoms with E-state index in [0.29, 0.717) is 29.1 Å². The maximum atomic E-state index is 14.1. The van der Waals surface area contributed by atoms with E-state index in [2.05, 4.69) is 16.9 Å². The number of pyridine rings is 1. The number of halogens is 6. The summed E-state index contributed by atoms with van der Waals surface area (Å²) < 4.78 is 87.2. The van der Waals surface area contributed by atoms with Crippen LogP contribution in [0.15, 0.2) is 49.2 Å². The minimum Gasteiger partial charge on any atom is -0.438 e. The first-order valence-corrected chi connectivity index (χ1v) is 9.87. The van der Waals surface area contributed by atoms with Crippen LogP contribution in [0.4, 0.5) is 32.0 Å². The number of aliphatic hydroxyl groups is 1. The monoisotopic (exact) mass is 481 g/mol. The zero-order valence-corrected chi connectivity index (χ0v) is 17.4. The summed E-state index contributed by atoms with van der Waals surface area (Å²) in [6.45, 7) is 3.13. The van der Waals surface area contributed by atoms with Gasteiger partial charge in [-0.25, -0.2) is 18.2 Å². The van der Waals surface area contributed by atoms with Gasteiger partial charge in [-0.2, -0.15) is 13.2 Å². The van der Waals surface area contributed by atoms with Gasteiger partial charge in [-0.05, 0) is 29.8 Å². The number of aliphatic hydroxyl groups excluding tert-OH is 1. The fourth-order valence-corrected chi connectivity index (χ4v) is 3.50. The first kappa shape index (κ1) is 23.4.